The van der Waals surface area contributed by atoms with Gasteiger partial charge in [0.15, 0.2) is 0 Å². The van der Waals surface area contributed by atoms with Crippen molar-refractivity contribution >= 4 is 87.2 Å². The van der Waals surface area contributed by atoms with Gasteiger partial charge in [-0.05, 0) is 219 Å². The monoisotopic (exact) mass is 1080 g/mol. The van der Waals surface area contributed by atoms with E-state index < -0.39 is 0 Å². The fraction of sp³-hybridized carbons (Fsp3) is 0.200. The zero-order valence-corrected chi connectivity index (χ0v) is 48.1. The van der Waals surface area contributed by atoms with Crippen LogP contribution < -0.4 is 0 Å². The van der Waals surface area contributed by atoms with Crippen LogP contribution in [-0.4, -0.2) is 18.3 Å². The lowest BCUT2D eigenvalue weighted by molar-refractivity contribution is 0.665. The minimum Gasteiger partial charge on any atom is -0.340 e. The minimum atomic E-state index is 0.917. The van der Waals surface area contributed by atoms with Crippen molar-refractivity contribution in [2.24, 2.45) is 0 Å². The highest BCUT2D eigenvalue weighted by atomic mass is 15.0. The Hall–Kier alpha value is -10.6. The van der Waals surface area contributed by atoms with Gasteiger partial charge < -0.3 is 18.3 Å². The first-order chi connectivity index (χ1) is 41.5. The smallest absolute Gasteiger partial charge is 0.0492 e. The van der Waals surface area contributed by atoms with E-state index in [4.69, 9.17) is 0 Å². The first-order valence-electron chi connectivity index (χ1n) is 29.8. The molecule has 0 atom stereocenters. The van der Waals surface area contributed by atoms with Crippen molar-refractivity contribution in [3.05, 3.63) is 190 Å². The largest absolute Gasteiger partial charge is 0.340 e. The van der Waals surface area contributed by atoms with Crippen molar-refractivity contribution in [3.8, 4) is 94.7 Å². The van der Waals surface area contributed by atoms with Gasteiger partial charge in [-0.3, -0.25) is 0 Å². The van der Waals surface area contributed by atoms with Crippen molar-refractivity contribution in [3.63, 3.8) is 0 Å². The SMILES string of the molecule is CCCCn1c2ccc3cc2c2cc(ccc21)C#CC#Cc1ccc2c(c1)c1cc(ccc1n2CCCC)C#CC#Cc1ccc2c(c1)c1cc(ccc1n2CCCC)C#CC#Cc1ccc2c(c1)c1cc(ccc1n2CCCC)C#CC#C3. The Morgan fingerprint density at radius 1 is 0.214 bits per heavy atom. The zero-order chi connectivity index (χ0) is 56.9. The average Bonchev–Trinajstić information content (AvgIpc) is 3.81. The van der Waals surface area contributed by atoms with Crippen molar-refractivity contribution < 1.29 is 0 Å². The Balaban J connectivity index is 0.930. The Morgan fingerprint density at radius 2 is 0.357 bits per heavy atom. The molecule has 0 aliphatic heterocycles. The van der Waals surface area contributed by atoms with Crippen LogP contribution in [0.2, 0.25) is 0 Å². The van der Waals surface area contributed by atoms with E-state index in [0.717, 1.165) is 165 Å². The Labute approximate surface area is 492 Å². The van der Waals surface area contributed by atoms with Crippen LogP contribution in [0.25, 0.3) is 87.2 Å². The number of nitrogens with zero attached hydrogens (tertiary/aromatic N) is 4. The predicted octanol–water partition coefficient (Wildman–Crippen LogP) is 17.2. The third kappa shape index (κ3) is 10.3. The minimum absolute atomic E-state index is 0.917. The van der Waals surface area contributed by atoms with Gasteiger partial charge in [-0.2, -0.15) is 0 Å². The maximum absolute atomic E-state index is 3.38. The van der Waals surface area contributed by atoms with Crippen LogP contribution in [0.4, 0.5) is 0 Å². The van der Waals surface area contributed by atoms with E-state index >= 15 is 0 Å². The van der Waals surface area contributed by atoms with E-state index in [1.54, 1.807) is 0 Å². The standard InChI is InChI=1S/C80H60N4/c1-5-9-45-81-73-37-29-57-21-13-15-23-59-31-39-75-67(51-59)69-53-61(33-41-77(69)82(75)46-10-6-2)25-17-19-27-63-35-43-79-71(55-63)72-56-64(36-44-80(72)84(79)48-12-8-4)28-20-18-26-62-34-42-78-70(54-62)68-52-60(32-40-76(68)83(78)47-11-7-3)24-16-14-22-58-30-38-74(81)66(50-58)65(73)49-57/h29-44,49-56H,5-12,45-48H2,1-4H3. The molecule has 0 N–H and O–H groups in total. The van der Waals surface area contributed by atoms with Gasteiger partial charge in [0.2, 0.25) is 0 Å². The normalized spacial score (nSPS) is 11.7. The molecular weight excluding hydrogens is 1020 g/mol. The Bertz CT molecular complexity index is 4280. The van der Waals surface area contributed by atoms with Crippen molar-refractivity contribution in [1.29, 1.82) is 0 Å². The summed E-state index contributed by atoms with van der Waals surface area (Å²) in [4.78, 5) is 0. The molecule has 4 heterocycles. The van der Waals surface area contributed by atoms with Crippen LogP contribution in [0.3, 0.4) is 0 Å². The van der Waals surface area contributed by atoms with Crippen LogP contribution >= 0.6 is 0 Å². The van der Waals surface area contributed by atoms with Gasteiger partial charge in [-0.25, -0.2) is 0 Å². The number of benzene rings is 8. The van der Waals surface area contributed by atoms with E-state index in [9.17, 15) is 0 Å². The predicted molar refractivity (Wildman–Crippen MR) is 352 cm³/mol. The summed E-state index contributed by atoms with van der Waals surface area (Å²) in [5, 5.41) is 9.23. The topological polar surface area (TPSA) is 19.7 Å². The van der Waals surface area contributed by atoms with Crippen molar-refractivity contribution in [2.45, 2.75) is 105 Å². The molecule has 4 heteroatoms. The van der Waals surface area contributed by atoms with Crippen LogP contribution in [0.1, 0.15) is 124 Å². The van der Waals surface area contributed by atoms with E-state index in [2.05, 4.69) is 286 Å². The molecule has 84 heavy (non-hydrogen) atoms. The van der Waals surface area contributed by atoms with E-state index in [1.807, 2.05) is 0 Å². The van der Waals surface area contributed by atoms with Gasteiger partial charge in [0, 0.05) is 158 Å². The first kappa shape index (κ1) is 52.8. The van der Waals surface area contributed by atoms with Gasteiger partial charge >= 0.3 is 0 Å². The second-order valence-corrected chi connectivity index (χ2v) is 21.9. The van der Waals surface area contributed by atoms with Crippen LogP contribution in [0.15, 0.2) is 146 Å². The molecule has 0 amide bonds. The van der Waals surface area contributed by atoms with Crippen molar-refractivity contribution in [1.82, 2.24) is 18.3 Å². The number of rotatable bonds is 12. The lowest BCUT2D eigenvalue weighted by Gasteiger charge is -2.06. The van der Waals surface area contributed by atoms with Gasteiger partial charge in [-0.1, -0.05) is 101 Å². The molecule has 12 aromatic rings. The number of aromatic nitrogens is 4. The fourth-order valence-corrected chi connectivity index (χ4v) is 12.1. The Morgan fingerprint density at radius 3 is 0.488 bits per heavy atom. The van der Waals surface area contributed by atoms with E-state index in [0.29, 0.717) is 0 Å². The van der Waals surface area contributed by atoms with Crippen molar-refractivity contribution in [2.75, 3.05) is 0 Å². The molecule has 1 aliphatic carbocycles. The molecule has 0 saturated heterocycles. The van der Waals surface area contributed by atoms with Crippen LogP contribution in [0.5, 0.6) is 0 Å². The van der Waals surface area contributed by atoms with Crippen LogP contribution in [-0.2, 0) is 26.2 Å². The summed E-state index contributed by atoms with van der Waals surface area (Å²) in [5.74, 6) is 52.5. The van der Waals surface area contributed by atoms with Gasteiger partial charge in [-0.15, -0.1) is 0 Å². The second-order valence-electron chi connectivity index (χ2n) is 21.9. The number of aryl methyl sites for hydroxylation is 4. The molecule has 4 aromatic heterocycles. The molecule has 0 spiro atoms. The fourth-order valence-electron chi connectivity index (χ4n) is 12.1. The molecule has 0 unspecified atom stereocenters. The molecule has 16 bridgehead atoms. The summed E-state index contributed by atoms with van der Waals surface area (Å²) in [6.07, 6.45) is 8.78. The maximum Gasteiger partial charge on any atom is 0.0492 e. The third-order valence-electron chi connectivity index (χ3n) is 16.3. The molecule has 0 saturated carbocycles. The Kier molecular flexibility index (Phi) is 14.8. The third-order valence-corrected chi connectivity index (χ3v) is 16.3. The maximum atomic E-state index is 3.38. The molecule has 13 rings (SSSR count). The average molecular weight is 1080 g/mol. The van der Waals surface area contributed by atoms with E-state index in [-0.39, 0.29) is 0 Å². The molecule has 0 radical (unpaired) electrons. The lowest BCUT2D eigenvalue weighted by atomic mass is 10.1. The second kappa shape index (κ2) is 23.5. The first-order valence-corrected chi connectivity index (χ1v) is 29.8. The highest BCUT2D eigenvalue weighted by Crippen LogP contribution is 2.35. The zero-order valence-electron chi connectivity index (χ0n) is 48.1. The van der Waals surface area contributed by atoms with Gasteiger partial charge in [0.25, 0.3) is 0 Å². The summed E-state index contributed by atoms with van der Waals surface area (Å²) in [5.41, 5.74) is 16.9. The molecular formula is C80H60N4. The highest BCUT2D eigenvalue weighted by Gasteiger charge is 2.16. The number of unbranched alkanes of at least 4 members (excludes halogenated alkanes) is 4. The summed E-state index contributed by atoms with van der Waals surface area (Å²) < 4.78 is 9.73. The molecule has 8 aromatic carbocycles. The summed E-state index contributed by atoms with van der Waals surface area (Å²) in [6, 6.07) is 52.2. The lowest BCUT2D eigenvalue weighted by Crippen LogP contribution is -1.97. The molecule has 0 fully saturated rings. The highest BCUT2D eigenvalue weighted by molar-refractivity contribution is 6.12. The molecule has 1 aliphatic rings. The van der Waals surface area contributed by atoms with Gasteiger partial charge in [0.1, 0.15) is 0 Å². The number of hydrogen-bond donors (Lipinski definition) is 0. The summed E-state index contributed by atoms with van der Waals surface area (Å²) in [7, 11) is 0. The van der Waals surface area contributed by atoms with E-state index in [1.165, 1.54) is 44.1 Å². The van der Waals surface area contributed by atoms with Crippen LogP contribution in [0, 0.1) is 94.7 Å². The number of hydrogen-bond acceptors (Lipinski definition) is 0. The van der Waals surface area contributed by atoms with Gasteiger partial charge in [0.05, 0.1) is 0 Å². The molecule has 400 valence electrons. The quantitative estimate of drug-likeness (QED) is 0.109. The summed E-state index contributed by atoms with van der Waals surface area (Å²) >= 11 is 0. The summed E-state index contributed by atoms with van der Waals surface area (Å²) in [6.45, 7) is 12.7. The number of fused-ring (bicyclic) bond motifs is 8. The molecule has 4 nitrogen and oxygen atoms in total.